The summed E-state index contributed by atoms with van der Waals surface area (Å²) in [5, 5.41) is 0. The van der Waals surface area contributed by atoms with E-state index in [0.717, 1.165) is 7.11 Å². The average molecular weight is 265 g/mol. The van der Waals surface area contributed by atoms with Crippen molar-refractivity contribution in [2.24, 2.45) is 0 Å². The number of aryl methyl sites for hydroxylation is 1. The van der Waals surface area contributed by atoms with E-state index in [2.05, 4.69) is 9.47 Å². The maximum absolute atomic E-state index is 12.2. The quantitative estimate of drug-likeness (QED) is 0.619. The highest BCUT2D eigenvalue weighted by Gasteiger charge is 2.20. The summed E-state index contributed by atoms with van der Waals surface area (Å²) in [4.78, 5) is 11.5. The minimum absolute atomic E-state index is 0.00567. The van der Waals surface area contributed by atoms with Gasteiger partial charge in [-0.15, -0.1) is 11.6 Å². The summed E-state index contributed by atoms with van der Waals surface area (Å²) in [7, 11) is 1.16. The lowest BCUT2D eigenvalue weighted by molar-refractivity contribution is -0.0504. The van der Waals surface area contributed by atoms with Crippen LogP contribution in [0, 0.1) is 6.92 Å². The number of ether oxygens (including phenoxy) is 2. The Hall–Kier alpha value is -1.36. The fraction of sp³-hybridized carbons (Fsp3) is 0.364. The number of hydrogen-bond donors (Lipinski definition) is 0. The zero-order chi connectivity index (χ0) is 13.0. The van der Waals surface area contributed by atoms with Crippen molar-refractivity contribution in [2.45, 2.75) is 19.4 Å². The van der Waals surface area contributed by atoms with Gasteiger partial charge in [0.25, 0.3) is 0 Å². The van der Waals surface area contributed by atoms with Gasteiger partial charge in [0.2, 0.25) is 0 Å². The van der Waals surface area contributed by atoms with Crippen molar-refractivity contribution < 1.29 is 23.0 Å². The van der Waals surface area contributed by atoms with Crippen molar-refractivity contribution in [3.05, 3.63) is 28.8 Å². The van der Waals surface area contributed by atoms with Crippen LogP contribution in [0.1, 0.15) is 21.5 Å². The Balaban J connectivity index is 3.33. The molecule has 1 aromatic carbocycles. The van der Waals surface area contributed by atoms with Gasteiger partial charge >= 0.3 is 12.6 Å². The fourth-order valence-electron chi connectivity index (χ4n) is 1.45. The van der Waals surface area contributed by atoms with Crippen LogP contribution in [0.5, 0.6) is 5.75 Å². The lowest BCUT2D eigenvalue weighted by Gasteiger charge is -2.13. The second-order valence-corrected chi connectivity index (χ2v) is 3.57. The van der Waals surface area contributed by atoms with Crippen molar-refractivity contribution >= 4 is 17.6 Å². The lowest BCUT2D eigenvalue weighted by atomic mass is 10.0. The first-order valence-corrected chi connectivity index (χ1v) is 5.25. The summed E-state index contributed by atoms with van der Waals surface area (Å²) in [5.74, 6) is -0.968. The molecule has 0 spiro atoms. The fourth-order valence-corrected chi connectivity index (χ4v) is 1.66. The molecule has 0 heterocycles. The highest BCUT2D eigenvalue weighted by molar-refractivity contribution is 6.17. The maximum Gasteiger partial charge on any atom is 0.387 e. The minimum Gasteiger partial charge on any atom is -0.465 e. The normalized spacial score (nSPS) is 10.5. The van der Waals surface area contributed by atoms with E-state index in [0.29, 0.717) is 11.1 Å². The molecule has 94 valence electrons. The highest BCUT2D eigenvalue weighted by Crippen LogP contribution is 2.28. The van der Waals surface area contributed by atoms with Gasteiger partial charge in [-0.25, -0.2) is 4.79 Å². The number of carbonyl (C=O) groups excluding carboxylic acids is 1. The molecule has 0 bridgehead atoms. The lowest BCUT2D eigenvalue weighted by Crippen LogP contribution is -2.12. The molecule has 6 heteroatoms. The summed E-state index contributed by atoms with van der Waals surface area (Å²) in [6.45, 7) is -1.32. The van der Waals surface area contributed by atoms with Crippen molar-refractivity contribution in [1.29, 1.82) is 0 Å². The van der Waals surface area contributed by atoms with E-state index in [1.165, 1.54) is 6.07 Å². The molecule has 0 saturated heterocycles. The smallest absolute Gasteiger partial charge is 0.387 e. The topological polar surface area (TPSA) is 35.5 Å². The molecule has 0 aromatic heterocycles. The zero-order valence-corrected chi connectivity index (χ0v) is 10.1. The summed E-state index contributed by atoms with van der Waals surface area (Å²) in [6, 6.07) is 2.96. The first kappa shape index (κ1) is 13.7. The molecular weight excluding hydrogens is 254 g/mol. The molecule has 0 unspecified atom stereocenters. The Kier molecular flexibility index (Phi) is 4.69. The van der Waals surface area contributed by atoms with E-state index in [9.17, 15) is 13.6 Å². The molecule has 0 radical (unpaired) electrons. The van der Waals surface area contributed by atoms with Crippen molar-refractivity contribution in [1.82, 2.24) is 0 Å². The average Bonchev–Trinajstić information content (AvgIpc) is 2.26. The van der Waals surface area contributed by atoms with Crippen LogP contribution in [0.3, 0.4) is 0 Å². The first-order valence-electron chi connectivity index (χ1n) is 4.72. The van der Waals surface area contributed by atoms with E-state index >= 15 is 0 Å². The predicted octanol–water partition coefficient (Wildman–Crippen LogP) is 3.12. The largest absolute Gasteiger partial charge is 0.465 e. The zero-order valence-electron chi connectivity index (χ0n) is 9.30. The SMILES string of the molecule is COC(=O)c1c(CCl)cc(C)cc1OC(F)F. The van der Waals surface area contributed by atoms with Gasteiger partial charge in [0, 0.05) is 5.88 Å². The maximum atomic E-state index is 12.2. The van der Waals surface area contributed by atoms with Crippen LogP contribution in [0.4, 0.5) is 8.78 Å². The number of halogens is 3. The van der Waals surface area contributed by atoms with E-state index < -0.39 is 12.6 Å². The third-order valence-electron chi connectivity index (χ3n) is 2.08. The summed E-state index contributed by atoms with van der Waals surface area (Å²) in [6.07, 6.45) is 0. The van der Waals surface area contributed by atoms with Crippen molar-refractivity contribution in [3.8, 4) is 5.75 Å². The van der Waals surface area contributed by atoms with Crippen LogP contribution < -0.4 is 4.74 Å². The second-order valence-electron chi connectivity index (χ2n) is 3.30. The number of alkyl halides is 3. The van der Waals surface area contributed by atoms with Crippen molar-refractivity contribution in [2.75, 3.05) is 7.11 Å². The molecule has 3 nitrogen and oxygen atoms in total. The number of hydrogen-bond acceptors (Lipinski definition) is 3. The Labute approximate surface area is 102 Å². The Bertz CT molecular complexity index is 421. The first-order chi connectivity index (χ1) is 7.99. The van der Waals surface area contributed by atoms with Crippen LogP contribution in [0.15, 0.2) is 12.1 Å². The van der Waals surface area contributed by atoms with E-state index in [-0.39, 0.29) is 17.2 Å². The summed E-state index contributed by atoms with van der Waals surface area (Å²) < 4.78 is 33.3. The summed E-state index contributed by atoms with van der Waals surface area (Å²) >= 11 is 5.66. The van der Waals surface area contributed by atoms with E-state index in [4.69, 9.17) is 11.6 Å². The van der Waals surface area contributed by atoms with Crippen LogP contribution >= 0.6 is 11.6 Å². The van der Waals surface area contributed by atoms with Crippen LogP contribution in [0.2, 0.25) is 0 Å². The molecule has 0 aliphatic rings. The Morgan fingerprint density at radius 1 is 1.47 bits per heavy atom. The van der Waals surface area contributed by atoms with Gasteiger partial charge in [0.1, 0.15) is 11.3 Å². The molecule has 0 fully saturated rings. The van der Waals surface area contributed by atoms with Gasteiger partial charge in [-0.2, -0.15) is 8.78 Å². The number of rotatable bonds is 4. The molecular formula is C11H11ClF2O3. The number of carbonyl (C=O) groups is 1. The molecule has 0 atom stereocenters. The molecule has 0 N–H and O–H groups in total. The van der Waals surface area contributed by atoms with Gasteiger partial charge in [0.05, 0.1) is 7.11 Å². The molecule has 0 aliphatic carbocycles. The van der Waals surface area contributed by atoms with E-state index in [1.807, 2.05) is 0 Å². The second kappa shape index (κ2) is 5.82. The van der Waals surface area contributed by atoms with Crippen LogP contribution in [-0.2, 0) is 10.6 Å². The van der Waals surface area contributed by atoms with E-state index in [1.54, 1.807) is 13.0 Å². The highest BCUT2D eigenvalue weighted by atomic mass is 35.5. The van der Waals surface area contributed by atoms with Gasteiger partial charge in [-0.05, 0) is 24.1 Å². The molecule has 1 rings (SSSR count). The molecule has 0 saturated carbocycles. The number of esters is 1. The number of benzene rings is 1. The molecule has 0 amide bonds. The van der Waals surface area contributed by atoms with Gasteiger partial charge in [-0.1, -0.05) is 6.07 Å². The standard InChI is InChI=1S/C11H11ClF2O3/c1-6-3-7(5-12)9(10(15)16-2)8(4-6)17-11(13)14/h3-4,11H,5H2,1-2H3. The van der Waals surface area contributed by atoms with Crippen molar-refractivity contribution in [3.63, 3.8) is 0 Å². The molecule has 1 aromatic rings. The van der Waals surface area contributed by atoms with Crippen LogP contribution in [-0.4, -0.2) is 19.7 Å². The van der Waals surface area contributed by atoms with Crippen LogP contribution in [0.25, 0.3) is 0 Å². The predicted molar refractivity (Wildman–Crippen MR) is 58.7 cm³/mol. The Morgan fingerprint density at radius 3 is 2.59 bits per heavy atom. The monoisotopic (exact) mass is 264 g/mol. The molecule has 0 aliphatic heterocycles. The third-order valence-corrected chi connectivity index (χ3v) is 2.37. The third kappa shape index (κ3) is 3.30. The molecule has 17 heavy (non-hydrogen) atoms. The van der Waals surface area contributed by atoms with Gasteiger partial charge in [0.15, 0.2) is 0 Å². The minimum atomic E-state index is -3.01. The number of methoxy groups -OCH3 is 1. The Morgan fingerprint density at radius 2 is 2.12 bits per heavy atom. The summed E-state index contributed by atoms with van der Waals surface area (Å²) in [5.41, 5.74) is 1.01. The van der Waals surface area contributed by atoms with Gasteiger partial charge < -0.3 is 9.47 Å². The van der Waals surface area contributed by atoms with Gasteiger partial charge in [-0.3, -0.25) is 0 Å².